The van der Waals surface area contributed by atoms with Crippen LogP contribution in [0.3, 0.4) is 0 Å². The van der Waals surface area contributed by atoms with Crippen LogP contribution in [0.25, 0.3) is 0 Å². The van der Waals surface area contributed by atoms with Gasteiger partial charge in [0, 0.05) is 31.5 Å². The van der Waals surface area contributed by atoms with Crippen molar-refractivity contribution in [2.75, 3.05) is 29.1 Å². The fraction of sp³-hybridized carbons (Fsp3) is 0.444. The quantitative estimate of drug-likeness (QED) is 0.562. The van der Waals surface area contributed by atoms with Crippen molar-refractivity contribution < 1.29 is 14.3 Å². The SMILES string of the molecule is CC(=O)Nc1ccc(NC(=O)[C@H](C)Sc2nnc(NC[C@@H]3CCCO3)s2)cc1. The summed E-state index contributed by atoms with van der Waals surface area (Å²) in [6, 6.07) is 6.98. The highest BCUT2D eigenvalue weighted by atomic mass is 32.2. The summed E-state index contributed by atoms with van der Waals surface area (Å²) in [7, 11) is 0. The summed E-state index contributed by atoms with van der Waals surface area (Å²) >= 11 is 2.80. The molecular formula is C18H23N5O3S2. The number of nitrogens with zero attached hydrogens (tertiary/aromatic N) is 2. The smallest absolute Gasteiger partial charge is 0.237 e. The first-order chi connectivity index (χ1) is 13.5. The number of benzene rings is 1. The van der Waals surface area contributed by atoms with Crippen molar-refractivity contribution in [2.24, 2.45) is 0 Å². The number of carbonyl (C=O) groups excluding carboxylic acids is 2. The third kappa shape index (κ3) is 6.18. The van der Waals surface area contributed by atoms with Crippen LogP contribution in [0.2, 0.25) is 0 Å². The van der Waals surface area contributed by atoms with Gasteiger partial charge in [0.15, 0.2) is 4.34 Å². The zero-order valence-electron chi connectivity index (χ0n) is 15.7. The molecule has 0 aliphatic carbocycles. The van der Waals surface area contributed by atoms with Crippen molar-refractivity contribution in [2.45, 2.75) is 42.4 Å². The Morgan fingerprint density at radius 1 is 1.25 bits per heavy atom. The van der Waals surface area contributed by atoms with Gasteiger partial charge in [-0.2, -0.15) is 0 Å². The maximum atomic E-state index is 12.4. The number of hydrogen-bond acceptors (Lipinski definition) is 8. The summed E-state index contributed by atoms with van der Waals surface area (Å²) in [5, 5.41) is 17.5. The van der Waals surface area contributed by atoms with Crippen LogP contribution in [0.5, 0.6) is 0 Å². The molecule has 0 saturated carbocycles. The molecule has 0 bridgehead atoms. The van der Waals surface area contributed by atoms with Gasteiger partial charge >= 0.3 is 0 Å². The largest absolute Gasteiger partial charge is 0.376 e. The molecule has 150 valence electrons. The van der Waals surface area contributed by atoms with Crippen LogP contribution in [0.4, 0.5) is 16.5 Å². The van der Waals surface area contributed by atoms with Crippen molar-refractivity contribution in [1.29, 1.82) is 0 Å². The molecule has 1 aromatic heterocycles. The Labute approximate surface area is 171 Å². The molecule has 2 atom stereocenters. The average Bonchev–Trinajstić information content (AvgIpc) is 3.33. The van der Waals surface area contributed by atoms with Gasteiger partial charge in [0.25, 0.3) is 0 Å². The molecule has 3 N–H and O–H groups in total. The summed E-state index contributed by atoms with van der Waals surface area (Å²) in [4.78, 5) is 23.5. The molecular weight excluding hydrogens is 398 g/mol. The number of rotatable bonds is 8. The van der Waals surface area contributed by atoms with E-state index in [9.17, 15) is 9.59 Å². The second-order valence-corrected chi connectivity index (χ2v) is 8.96. The molecule has 28 heavy (non-hydrogen) atoms. The molecule has 0 unspecified atom stereocenters. The van der Waals surface area contributed by atoms with Crippen molar-refractivity contribution in [1.82, 2.24) is 10.2 Å². The third-order valence-electron chi connectivity index (χ3n) is 4.03. The van der Waals surface area contributed by atoms with Crippen molar-refractivity contribution in [3.8, 4) is 0 Å². The minimum Gasteiger partial charge on any atom is -0.376 e. The maximum Gasteiger partial charge on any atom is 0.237 e. The Hall–Kier alpha value is -2.17. The molecule has 2 aromatic rings. The topological polar surface area (TPSA) is 105 Å². The normalized spacial score (nSPS) is 17.1. The van der Waals surface area contributed by atoms with Crippen LogP contribution >= 0.6 is 23.1 Å². The number of anilines is 3. The van der Waals surface area contributed by atoms with Gasteiger partial charge in [0.05, 0.1) is 11.4 Å². The van der Waals surface area contributed by atoms with Gasteiger partial charge in [0.1, 0.15) is 0 Å². The first-order valence-electron chi connectivity index (χ1n) is 9.04. The average molecular weight is 422 g/mol. The Morgan fingerprint density at radius 2 is 1.96 bits per heavy atom. The summed E-state index contributed by atoms with van der Waals surface area (Å²) in [6.45, 7) is 4.83. The van der Waals surface area contributed by atoms with E-state index in [2.05, 4.69) is 26.1 Å². The zero-order valence-corrected chi connectivity index (χ0v) is 17.4. The molecule has 2 amide bonds. The molecule has 8 nitrogen and oxygen atoms in total. The Morgan fingerprint density at radius 3 is 2.61 bits per heavy atom. The van der Waals surface area contributed by atoms with E-state index in [0.29, 0.717) is 11.4 Å². The molecule has 1 aromatic carbocycles. The van der Waals surface area contributed by atoms with Crippen molar-refractivity contribution in [3.05, 3.63) is 24.3 Å². The number of thioether (sulfide) groups is 1. The minimum absolute atomic E-state index is 0.124. The standard InChI is InChI=1S/C18H23N5O3S2/c1-11(16(25)21-14-7-5-13(6-8-14)20-12(2)24)27-18-23-22-17(28-18)19-10-15-4-3-9-26-15/h5-8,11,15H,3-4,9-10H2,1-2H3,(H,19,22)(H,20,24)(H,21,25)/t11-,15-/m0/s1. The molecule has 10 heteroatoms. The van der Waals surface area contributed by atoms with Crippen molar-refractivity contribution in [3.63, 3.8) is 0 Å². The molecule has 0 spiro atoms. The number of amides is 2. The predicted molar refractivity (Wildman–Crippen MR) is 112 cm³/mol. The summed E-state index contributed by atoms with van der Waals surface area (Å²) in [5.74, 6) is -0.259. The van der Waals surface area contributed by atoms with E-state index in [1.54, 1.807) is 24.3 Å². The first kappa shape index (κ1) is 20.6. The molecule has 2 heterocycles. The molecule has 0 radical (unpaired) electrons. The van der Waals surface area contributed by atoms with Gasteiger partial charge in [-0.3, -0.25) is 9.59 Å². The number of nitrogens with one attached hydrogen (secondary N) is 3. The number of hydrogen-bond donors (Lipinski definition) is 3. The van der Waals surface area contributed by atoms with Crippen LogP contribution in [-0.2, 0) is 14.3 Å². The molecule has 1 aliphatic heterocycles. The van der Waals surface area contributed by atoms with Crippen LogP contribution in [0.1, 0.15) is 26.7 Å². The lowest BCUT2D eigenvalue weighted by molar-refractivity contribution is -0.115. The van der Waals surface area contributed by atoms with E-state index < -0.39 is 0 Å². The van der Waals surface area contributed by atoms with Gasteiger partial charge < -0.3 is 20.7 Å². The monoisotopic (exact) mass is 421 g/mol. The van der Waals surface area contributed by atoms with E-state index in [1.165, 1.54) is 30.0 Å². The highest BCUT2D eigenvalue weighted by molar-refractivity contribution is 8.02. The van der Waals surface area contributed by atoms with E-state index in [1.807, 2.05) is 6.92 Å². The highest BCUT2D eigenvalue weighted by Gasteiger charge is 2.19. The molecule has 1 aliphatic rings. The Balaban J connectivity index is 1.46. The van der Waals surface area contributed by atoms with E-state index in [4.69, 9.17) is 4.74 Å². The number of ether oxygens (including phenoxy) is 1. The molecule has 1 fully saturated rings. The second-order valence-electron chi connectivity index (χ2n) is 6.40. The van der Waals surface area contributed by atoms with Gasteiger partial charge in [0.2, 0.25) is 16.9 Å². The van der Waals surface area contributed by atoms with Gasteiger partial charge in [-0.05, 0) is 44.0 Å². The minimum atomic E-state index is -0.325. The third-order valence-corrected chi connectivity index (χ3v) is 6.10. The summed E-state index contributed by atoms with van der Waals surface area (Å²) < 4.78 is 6.31. The summed E-state index contributed by atoms with van der Waals surface area (Å²) in [6.07, 6.45) is 2.41. The first-order valence-corrected chi connectivity index (χ1v) is 10.7. The van der Waals surface area contributed by atoms with Gasteiger partial charge in [-0.15, -0.1) is 10.2 Å². The Bertz CT molecular complexity index is 806. The second kappa shape index (κ2) is 9.85. The van der Waals surface area contributed by atoms with Crippen LogP contribution < -0.4 is 16.0 Å². The van der Waals surface area contributed by atoms with E-state index in [-0.39, 0.29) is 23.2 Å². The zero-order chi connectivity index (χ0) is 19.9. The lowest BCUT2D eigenvalue weighted by Gasteiger charge is -2.11. The van der Waals surface area contributed by atoms with Crippen LogP contribution in [0.15, 0.2) is 28.6 Å². The predicted octanol–water partition coefficient (Wildman–Crippen LogP) is 3.21. The summed E-state index contributed by atoms with van der Waals surface area (Å²) in [5.41, 5.74) is 1.35. The van der Waals surface area contributed by atoms with E-state index in [0.717, 1.165) is 35.5 Å². The fourth-order valence-electron chi connectivity index (χ4n) is 2.62. The lowest BCUT2D eigenvalue weighted by Crippen LogP contribution is -2.22. The van der Waals surface area contributed by atoms with Gasteiger partial charge in [-0.1, -0.05) is 23.1 Å². The molecule has 1 saturated heterocycles. The van der Waals surface area contributed by atoms with E-state index >= 15 is 0 Å². The number of aromatic nitrogens is 2. The molecule has 3 rings (SSSR count). The highest BCUT2D eigenvalue weighted by Crippen LogP contribution is 2.29. The van der Waals surface area contributed by atoms with Crippen molar-refractivity contribution >= 4 is 51.4 Å². The lowest BCUT2D eigenvalue weighted by atomic mass is 10.2. The Kier molecular flexibility index (Phi) is 7.24. The fourth-order valence-corrected chi connectivity index (χ4v) is 4.53. The van der Waals surface area contributed by atoms with Gasteiger partial charge in [-0.25, -0.2) is 0 Å². The van der Waals surface area contributed by atoms with Crippen LogP contribution in [0, 0.1) is 0 Å². The maximum absolute atomic E-state index is 12.4. The number of carbonyl (C=O) groups is 2. The van der Waals surface area contributed by atoms with Crippen LogP contribution in [-0.4, -0.2) is 46.5 Å².